The topological polar surface area (TPSA) is 126 Å². The Balaban J connectivity index is 2.88. The molecule has 8 nitrogen and oxygen atoms in total. The van der Waals surface area contributed by atoms with Gasteiger partial charge >= 0.3 is 5.97 Å². The van der Waals surface area contributed by atoms with Crippen molar-refractivity contribution < 1.29 is 19.9 Å². The summed E-state index contributed by atoms with van der Waals surface area (Å²) in [6, 6.07) is 0.967. The van der Waals surface area contributed by atoms with Crippen LogP contribution in [0.4, 0.5) is 11.5 Å². The van der Waals surface area contributed by atoms with Gasteiger partial charge in [-0.2, -0.15) is 0 Å². The normalized spacial score (nSPS) is 11.9. The van der Waals surface area contributed by atoms with E-state index in [1.807, 2.05) is 6.92 Å². The zero-order valence-corrected chi connectivity index (χ0v) is 10.4. The number of aliphatic hydroxyl groups excluding tert-OH is 1. The van der Waals surface area contributed by atoms with E-state index in [1.54, 1.807) is 0 Å². The van der Waals surface area contributed by atoms with Crippen LogP contribution in [0.25, 0.3) is 0 Å². The zero-order valence-electron chi connectivity index (χ0n) is 10.4. The Labute approximate surface area is 109 Å². The Bertz CT molecular complexity index is 477. The third kappa shape index (κ3) is 4.18. The van der Waals surface area contributed by atoms with Gasteiger partial charge in [-0.05, 0) is 12.3 Å². The van der Waals surface area contributed by atoms with Gasteiger partial charge in [-0.25, -0.2) is 9.78 Å². The van der Waals surface area contributed by atoms with Gasteiger partial charge in [-0.3, -0.25) is 10.1 Å². The van der Waals surface area contributed by atoms with E-state index in [-0.39, 0.29) is 29.6 Å². The summed E-state index contributed by atoms with van der Waals surface area (Å²) in [5, 5.41) is 31.1. The highest BCUT2D eigenvalue weighted by atomic mass is 16.6. The van der Waals surface area contributed by atoms with Crippen LogP contribution >= 0.6 is 0 Å². The molecule has 19 heavy (non-hydrogen) atoms. The molecule has 0 aliphatic heterocycles. The van der Waals surface area contributed by atoms with Gasteiger partial charge in [0.05, 0.1) is 4.92 Å². The molecule has 0 amide bonds. The van der Waals surface area contributed by atoms with Gasteiger partial charge in [0.15, 0.2) is 0 Å². The number of nitro groups is 1. The number of nitrogens with one attached hydrogen (secondary N) is 1. The maximum absolute atomic E-state index is 11.0. The lowest BCUT2D eigenvalue weighted by Gasteiger charge is -2.12. The van der Waals surface area contributed by atoms with Crippen LogP contribution in [0.2, 0.25) is 0 Å². The molecule has 0 aliphatic rings. The van der Waals surface area contributed by atoms with Gasteiger partial charge in [0.2, 0.25) is 0 Å². The first-order chi connectivity index (χ1) is 8.95. The quantitative estimate of drug-likeness (QED) is 0.500. The highest BCUT2D eigenvalue weighted by Gasteiger charge is 2.17. The van der Waals surface area contributed by atoms with Crippen molar-refractivity contribution in [2.45, 2.75) is 13.3 Å². The molecule has 1 heterocycles. The van der Waals surface area contributed by atoms with Gasteiger partial charge in [0, 0.05) is 19.2 Å². The molecular formula is C11H15N3O5. The number of pyridine rings is 1. The van der Waals surface area contributed by atoms with Gasteiger partial charge in [-0.1, -0.05) is 6.92 Å². The van der Waals surface area contributed by atoms with E-state index < -0.39 is 10.9 Å². The Hall–Kier alpha value is -2.22. The molecule has 0 aromatic carbocycles. The number of anilines is 1. The molecule has 1 aromatic rings. The van der Waals surface area contributed by atoms with Gasteiger partial charge in [-0.15, -0.1) is 0 Å². The van der Waals surface area contributed by atoms with E-state index in [0.717, 1.165) is 12.3 Å². The number of carboxylic acid groups (broad SMARTS) is 1. The van der Waals surface area contributed by atoms with Crippen molar-refractivity contribution in [3.63, 3.8) is 0 Å². The molecule has 0 radical (unpaired) electrons. The number of nitrogens with zero attached hydrogens (tertiary/aromatic N) is 2. The fourth-order valence-corrected chi connectivity index (χ4v) is 1.45. The Morgan fingerprint density at radius 2 is 2.32 bits per heavy atom. The molecule has 1 atom stereocenters. The van der Waals surface area contributed by atoms with Gasteiger partial charge in [0.25, 0.3) is 5.69 Å². The molecule has 0 aliphatic carbocycles. The van der Waals surface area contributed by atoms with Crippen molar-refractivity contribution in [3.05, 3.63) is 27.9 Å². The summed E-state index contributed by atoms with van der Waals surface area (Å²) in [7, 11) is 0. The minimum Gasteiger partial charge on any atom is -0.478 e. The second-order valence-electron chi connectivity index (χ2n) is 4.15. The first kappa shape index (κ1) is 14.8. The molecule has 0 saturated heterocycles. The Morgan fingerprint density at radius 3 is 2.84 bits per heavy atom. The van der Waals surface area contributed by atoms with Crippen LogP contribution in [0.15, 0.2) is 12.3 Å². The van der Waals surface area contributed by atoms with Crippen LogP contribution in [0.3, 0.4) is 0 Å². The maximum atomic E-state index is 11.0. The molecule has 1 unspecified atom stereocenters. The van der Waals surface area contributed by atoms with E-state index in [1.165, 1.54) is 0 Å². The molecule has 0 bridgehead atoms. The van der Waals surface area contributed by atoms with E-state index in [2.05, 4.69) is 10.3 Å². The standard InChI is InChI=1S/C11H15N3O5/c1-7(2-3-15)5-12-10-9(11(16)17)4-8(6-13-10)14(18)19/h4,6-7,15H,2-3,5H2,1H3,(H,12,13)(H,16,17). The van der Waals surface area contributed by atoms with E-state index in [9.17, 15) is 14.9 Å². The fraction of sp³-hybridized carbons (Fsp3) is 0.455. The summed E-state index contributed by atoms with van der Waals surface area (Å²) in [4.78, 5) is 24.6. The molecule has 8 heteroatoms. The van der Waals surface area contributed by atoms with Gasteiger partial charge in [0.1, 0.15) is 17.6 Å². The molecule has 104 valence electrons. The lowest BCUT2D eigenvalue weighted by Crippen LogP contribution is -2.16. The third-order valence-electron chi connectivity index (χ3n) is 2.55. The minimum absolute atomic E-state index is 0.0440. The maximum Gasteiger partial charge on any atom is 0.339 e. The summed E-state index contributed by atoms with van der Waals surface area (Å²) in [5.74, 6) is -1.07. The van der Waals surface area contributed by atoms with E-state index in [0.29, 0.717) is 13.0 Å². The highest BCUT2D eigenvalue weighted by Crippen LogP contribution is 2.19. The summed E-state index contributed by atoms with van der Waals surface area (Å²) in [5.41, 5.74) is -0.614. The van der Waals surface area contributed by atoms with Crippen LogP contribution in [-0.2, 0) is 0 Å². The van der Waals surface area contributed by atoms with Crippen molar-refractivity contribution in [2.75, 3.05) is 18.5 Å². The summed E-state index contributed by atoms with van der Waals surface area (Å²) in [6.07, 6.45) is 1.58. The molecular weight excluding hydrogens is 254 g/mol. The van der Waals surface area contributed by atoms with Crippen molar-refractivity contribution in [1.29, 1.82) is 0 Å². The second kappa shape index (κ2) is 6.64. The average molecular weight is 269 g/mol. The number of carbonyl (C=O) groups is 1. The summed E-state index contributed by atoms with van der Waals surface area (Å²) in [6.45, 7) is 2.35. The average Bonchev–Trinajstić information content (AvgIpc) is 2.36. The van der Waals surface area contributed by atoms with Crippen LogP contribution in [0.5, 0.6) is 0 Å². The molecule has 3 N–H and O–H groups in total. The van der Waals surface area contributed by atoms with Crippen LogP contribution in [-0.4, -0.2) is 39.2 Å². The number of hydrogen-bond acceptors (Lipinski definition) is 6. The van der Waals surface area contributed by atoms with Crippen LogP contribution in [0.1, 0.15) is 23.7 Å². The molecule has 0 saturated carbocycles. The van der Waals surface area contributed by atoms with Crippen molar-refractivity contribution in [1.82, 2.24) is 4.98 Å². The first-order valence-electron chi connectivity index (χ1n) is 5.68. The van der Waals surface area contributed by atoms with Crippen molar-refractivity contribution in [2.24, 2.45) is 5.92 Å². The second-order valence-corrected chi connectivity index (χ2v) is 4.15. The fourth-order valence-electron chi connectivity index (χ4n) is 1.45. The van der Waals surface area contributed by atoms with Crippen molar-refractivity contribution in [3.8, 4) is 0 Å². The highest BCUT2D eigenvalue weighted by molar-refractivity contribution is 5.93. The first-order valence-corrected chi connectivity index (χ1v) is 5.68. The zero-order chi connectivity index (χ0) is 14.4. The van der Waals surface area contributed by atoms with Crippen LogP contribution < -0.4 is 5.32 Å². The number of aliphatic hydroxyl groups is 1. The largest absolute Gasteiger partial charge is 0.478 e. The Morgan fingerprint density at radius 1 is 1.63 bits per heavy atom. The number of rotatable bonds is 7. The summed E-state index contributed by atoms with van der Waals surface area (Å²) >= 11 is 0. The lowest BCUT2D eigenvalue weighted by molar-refractivity contribution is -0.385. The van der Waals surface area contributed by atoms with Crippen LogP contribution in [0, 0.1) is 16.0 Å². The summed E-state index contributed by atoms with van der Waals surface area (Å²) < 4.78 is 0. The number of aromatic carboxylic acids is 1. The molecule has 0 spiro atoms. The van der Waals surface area contributed by atoms with Crippen molar-refractivity contribution >= 4 is 17.5 Å². The molecule has 1 rings (SSSR count). The molecule has 1 aromatic heterocycles. The third-order valence-corrected chi connectivity index (χ3v) is 2.55. The SMILES string of the molecule is CC(CCO)CNc1ncc([N+](=O)[O-])cc1C(=O)O. The predicted molar refractivity (Wildman–Crippen MR) is 67.2 cm³/mol. The van der Waals surface area contributed by atoms with E-state index >= 15 is 0 Å². The Kier molecular flexibility index (Phi) is 5.19. The minimum atomic E-state index is -1.28. The monoisotopic (exact) mass is 269 g/mol. The molecule has 0 fully saturated rings. The lowest BCUT2D eigenvalue weighted by atomic mass is 10.1. The van der Waals surface area contributed by atoms with Gasteiger partial charge < -0.3 is 15.5 Å². The predicted octanol–water partition coefficient (Wildman–Crippen LogP) is 1.12. The number of aromatic nitrogens is 1. The number of hydrogen-bond donors (Lipinski definition) is 3. The van der Waals surface area contributed by atoms with E-state index in [4.69, 9.17) is 10.2 Å². The smallest absolute Gasteiger partial charge is 0.339 e. The number of carboxylic acids is 1.